The second-order valence-electron chi connectivity index (χ2n) is 7.00. The van der Waals surface area contributed by atoms with Crippen molar-refractivity contribution in [1.29, 1.82) is 0 Å². The Morgan fingerprint density at radius 1 is 1.15 bits per heavy atom. The SMILES string of the molecule is Cc1cc2nc(-c3cccc(NC(=S)NC(=O)C(C)C)c3C)oc2cc1C. The van der Waals surface area contributed by atoms with E-state index in [1.54, 1.807) is 0 Å². The summed E-state index contributed by atoms with van der Waals surface area (Å²) in [5, 5.41) is 6.05. The Morgan fingerprint density at radius 2 is 1.85 bits per heavy atom. The number of nitrogens with zero attached hydrogens (tertiary/aromatic N) is 1. The topological polar surface area (TPSA) is 67.2 Å². The molecule has 0 aliphatic carbocycles. The molecule has 140 valence electrons. The van der Waals surface area contributed by atoms with Crippen LogP contribution in [0, 0.1) is 26.7 Å². The third-order valence-electron chi connectivity index (χ3n) is 4.58. The van der Waals surface area contributed by atoms with E-state index < -0.39 is 0 Å². The van der Waals surface area contributed by atoms with Crippen LogP contribution in [-0.2, 0) is 4.79 Å². The first-order valence-corrected chi connectivity index (χ1v) is 9.26. The minimum atomic E-state index is -0.135. The molecule has 0 atom stereocenters. The summed E-state index contributed by atoms with van der Waals surface area (Å²) in [4.78, 5) is 16.4. The molecule has 0 radical (unpaired) electrons. The zero-order valence-corrected chi connectivity index (χ0v) is 17.0. The van der Waals surface area contributed by atoms with Crippen LogP contribution in [0.3, 0.4) is 0 Å². The first kappa shape index (κ1) is 19.0. The monoisotopic (exact) mass is 381 g/mol. The van der Waals surface area contributed by atoms with Gasteiger partial charge in [0, 0.05) is 17.2 Å². The van der Waals surface area contributed by atoms with E-state index in [2.05, 4.69) is 29.5 Å². The number of aromatic nitrogens is 1. The summed E-state index contributed by atoms with van der Waals surface area (Å²) in [5.74, 6) is 0.308. The lowest BCUT2D eigenvalue weighted by Gasteiger charge is -2.14. The highest BCUT2D eigenvalue weighted by molar-refractivity contribution is 7.80. The maximum absolute atomic E-state index is 11.8. The van der Waals surface area contributed by atoms with Gasteiger partial charge in [-0.2, -0.15) is 0 Å². The molecule has 0 saturated heterocycles. The van der Waals surface area contributed by atoms with Crippen molar-refractivity contribution in [1.82, 2.24) is 10.3 Å². The summed E-state index contributed by atoms with van der Waals surface area (Å²) in [7, 11) is 0. The molecule has 1 amide bonds. The van der Waals surface area contributed by atoms with E-state index in [9.17, 15) is 4.79 Å². The third-order valence-corrected chi connectivity index (χ3v) is 4.78. The molecule has 6 heteroatoms. The highest BCUT2D eigenvalue weighted by Gasteiger charge is 2.15. The van der Waals surface area contributed by atoms with Crippen LogP contribution in [0.1, 0.15) is 30.5 Å². The summed E-state index contributed by atoms with van der Waals surface area (Å²) in [5.41, 5.74) is 6.58. The molecule has 3 rings (SSSR count). The van der Waals surface area contributed by atoms with Gasteiger partial charge in [0.2, 0.25) is 11.8 Å². The number of amides is 1. The lowest BCUT2D eigenvalue weighted by Crippen LogP contribution is -2.36. The van der Waals surface area contributed by atoms with Crippen LogP contribution < -0.4 is 10.6 Å². The van der Waals surface area contributed by atoms with Gasteiger partial charge in [-0.15, -0.1) is 0 Å². The number of hydrogen-bond acceptors (Lipinski definition) is 4. The van der Waals surface area contributed by atoms with Gasteiger partial charge in [-0.05, 0) is 73.9 Å². The van der Waals surface area contributed by atoms with Crippen molar-refractivity contribution in [2.75, 3.05) is 5.32 Å². The van der Waals surface area contributed by atoms with Crippen LogP contribution in [0.15, 0.2) is 34.7 Å². The van der Waals surface area contributed by atoms with Crippen molar-refractivity contribution in [3.63, 3.8) is 0 Å². The molecule has 0 aliphatic heterocycles. The molecule has 1 aromatic heterocycles. The van der Waals surface area contributed by atoms with Crippen molar-refractivity contribution in [2.24, 2.45) is 5.92 Å². The minimum absolute atomic E-state index is 0.119. The number of carbonyl (C=O) groups excluding carboxylic acids is 1. The smallest absolute Gasteiger partial charge is 0.228 e. The molecule has 5 nitrogen and oxygen atoms in total. The Hall–Kier alpha value is -2.73. The quantitative estimate of drug-likeness (QED) is 0.632. The van der Waals surface area contributed by atoms with E-state index in [1.165, 1.54) is 11.1 Å². The third kappa shape index (κ3) is 4.01. The maximum atomic E-state index is 11.8. The highest BCUT2D eigenvalue weighted by Crippen LogP contribution is 2.31. The normalized spacial score (nSPS) is 11.0. The summed E-state index contributed by atoms with van der Waals surface area (Å²) >= 11 is 5.25. The van der Waals surface area contributed by atoms with Crippen molar-refractivity contribution in [3.05, 3.63) is 47.0 Å². The summed E-state index contributed by atoms with van der Waals surface area (Å²) in [6, 6.07) is 9.81. The molecule has 0 saturated carbocycles. The first-order valence-electron chi connectivity index (χ1n) is 8.86. The fraction of sp³-hybridized carbons (Fsp3) is 0.286. The number of benzene rings is 2. The van der Waals surface area contributed by atoms with Crippen LogP contribution in [0.4, 0.5) is 5.69 Å². The molecule has 27 heavy (non-hydrogen) atoms. The number of nitrogens with one attached hydrogen (secondary N) is 2. The van der Waals surface area contributed by atoms with Gasteiger partial charge in [-0.3, -0.25) is 4.79 Å². The number of anilines is 1. The number of thiocarbonyl (C=S) groups is 1. The lowest BCUT2D eigenvalue weighted by atomic mass is 10.1. The fourth-order valence-electron chi connectivity index (χ4n) is 2.71. The number of hydrogen-bond donors (Lipinski definition) is 2. The van der Waals surface area contributed by atoms with Gasteiger partial charge >= 0.3 is 0 Å². The van der Waals surface area contributed by atoms with E-state index >= 15 is 0 Å². The van der Waals surface area contributed by atoms with Crippen LogP contribution in [-0.4, -0.2) is 16.0 Å². The van der Waals surface area contributed by atoms with Crippen LogP contribution in [0.5, 0.6) is 0 Å². The van der Waals surface area contributed by atoms with Crippen LogP contribution in [0.2, 0.25) is 0 Å². The number of carbonyl (C=O) groups is 1. The van der Waals surface area contributed by atoms with Gasteiger partial charge in [0.05, 0.1) is 0 Å². The zero-order chi connectivity index (χ0) is 19.7. The fourth-order valence-corrected chi connectivity index (χ4v) is 2.92. The standard InChI is InChI=1S/C21H23N3O2S/c1-11(2)19(25)24-21(27)23-16-8-6-7-15(14(16)5)20-22-17-9-12(3)13(4)10-18(17)26-20/h6-11H,1-5H3,(H2,23,24,25,27). The van der Waals surface area contributed by atoms with Crippen LogP contribution >= 0.6 is 12.2 Å². The van der Waals surface area contributed by atoms with E-state index in [0.29, 0.717) is 5.89 Å². The van der Waals surface area contributed by atoms with Crippen LogP contribution in [0.25, 0.3) is 22.6 Å². The molecule has 0 bridgehead atoms. The Labute approximate surface area is 164 Å². The Bertz CT molecular complexity index is 998. The van der Waals surface area contributed by atoms with Gasteiger partial charge in [0.25, 0.3) is 0 Å². The Balaban J connectivity index is 1.91. The average molecular weight is 382 g/mol. The second kappa shape index (κ2) is 7.48. The molecule has 2 aromatic carbocycles. The second-order valence-corrected chi connectivity index (χ2v) is 7.41. The molecule has 0 spiro atoms. The maximum Gasteiger partial charge on any atom is 0.228 e. The summed E-state index contributed by atoms with van der Waals surface area (Å²) in [6.45, 7) is 9.72. The Kier molecular flexibility index (Phi) is 5.28. The van der Waals surface area contributed by atoms with Crippen molar-refractivity contribution >= 4 is 40.0 Å². The molecular weight excluding hydrogens is 358 g/mol. The van der Waals surface area contributed by atoms with Crippen molar-refractivity contribution < 1.29 is 9.21 Å². The number of rotatable bonds is 3. The number of oxazole rings is 1. The molecule has 0 unspecified atom stereocenters. The average Bonchev–Trinajstić information content (AvgIpc) is 2.99. The summed E-state index contributed by atoms with van der Waals surface area (Å²) < 4.78 is 5.99. The molecule has 1 heterocycles. The lowest BCUT2D eigenvalue weighted by molar-refractivity contribution is -0.122. The largest absolute Gasteiger partial charge is 0.436 e. The van der Waals surface area contributed by atoms with E-state index in [4.69, 9.17) is 16.6 Å². The summed E-state index contributed by atoms with van der Waals surface area (Å²) in [6.07, 6.45) is 0. The van der Waals surface area contributed by atoms with Gasteiger partial charge in [-0.25, -0.2) is 4.98 Å². The number of aryl methyl sites for hydroxylation is 2. The first-order chi connectivity index (χ1) is 12.8. The molecular formula is C21H23N3O2S. The van der Waals surface area contributed by atoms with Gasteiger partial charge < -0.3 is 15.1 Å². The minimum Gasteiger partial charge on any atom is -0.436 e. The molecule has 0 aliphatic rings. The van der Waals surface area contributed by atoms with Gasteiger partial charge in [0.1, 0.15) is 5.52 Å². The molecule has 0 fully saturated rings. The predicted octanol–water partition coefficient (Wildman–Crippen LogP) is 4.89. The zero-order valence-electron chi connectivity index (χ0n) is 16.1. The van der Waals surface area contributed by atoms with E-state index in [1.807, 2.05) is 51.1 Å². The molecule has 2 N–H and O–H groups in total. The van der Waals surface area contributed by atoms with E-state index in [-0.39, 0.29) is 16.9 Å². The predicted molar refractivity (Wildman–Crippen MR) is 113 cm³/mol. The Morgan fingerprint density at radius 3 is 2.56 bits per heavy atom. The molecule has 3 aromatic rings. The van der Waals surface area contributed by atoms with E-state index in [0.717, 1.165) is 27.9 Å². The number of fused-ring (bicyclic) bond motifs is 1. The van der Waals surface area contributed by atoms with Gasteiger partial charge in [0.15, 0.2) is 10.7 Å². The van der Waals surface area contributed by atoms with Gasteiger partial charge in [-0.1, -0.05) is 19.9 Å². The van der Waals surface area contributed by atoms with Crippen molar-refractivity contribution in [2.45, 2.75) is 34.6 Å². The highest BCUT2D eigenvalue weighted by atomic mass is 32.1. The van der Waals surface area contributed by atoms with Crippen molar-refractivity contribution in [3.8, 4) is 11.5 Å².